The molecule has 1 aliphatic heterocycles. The molecule has 0 atom stereocenters. The Kier molecular flexibility index (Phi) is 4.20. The Morgan fingerprint density at radius 1 is 1.17 bits per heavy atom. The maximum absolute atomic E-state index is 11.3. The van der Waals surface area contributed by atoms with E-state index in [0.717, 1.165) is 32.6 Å². The number of rotatable bonds is 3. The van der Waals surface area contributed by atoms with Gasteiger partial charge in [-0.15, -0.1) is 0 Å². The third kappa shape index (κ3) is 3.01. The molecule has 1 amide bonds. The minimum absolute atomic E-state index is 0.174. The van der Waals surface area contributed by atoms with Crippen molar-refractivity contribution >= 4 is 11.6 Å². The Morgan fingerprint density at radius 3 is 2.28 bits per heavy atom. The van der Waals surface area contributed by atoms with Gasteiger partial charge < -0.3 is 15.5 Å². The maximum atomic E-state index is 11.3. The van der Waals surface area contributed by atoms with Crippen molar-refractivity contribution in [1.82, 2.24) is 4.90 Å². The van der Waals surface area contributed by atoms with Crippen LogP contribution < -0.4 is 10.6 Å². The molecule has 0 aromatic heterocycles. The number of nitrogens with zero attached hydrogens (tertiary/aromatic N) is 2. The van der Waals surface area contributed by atoms with Crippen LogP contribution in [0.3, 0.4) is 0 Å². The number of carbonyl (C=O) groups excluding carboxylic acids is 1. The van der Waals surface area contributed by atoms with E-state index in [4.69, 9.17) is 5.73 Å². The minimum atomic E-state index is 0.174. The monoisotopic (exact) mass is 247 g/mol. The van der Waals surface area contributed by atoms with Gasteiger partial charge in [0.25, 0.3) is 0 Å². The van der Waals surface area contributed by atoms with E-state index in [1.54, 1.807) is 6.92 Å². The van der Waals surface area contributed by atoms with Gasteiger partial charge in [0.05, 0.1) is 0 Å². The molecule has 2 N–H and O–H groups in total. The molecule has 18 heavy (non-hydrogen) atoms. The minimum Gasteiger partial charge on any atom is -0.368 e. The molecule has 1 saturated heterocycles. The molecule has 0 spiro atoms. The summed E-state index contributed by atoms with van der Waals surface area (Å²) in [5.74, 6) is 0.174. The van der Waals surface area contributed by atoms with E-state index in [0.29, 0.717) is 6.54 Å². The Balaban J connectivity index is 1.95. The molecule has 4 nitrogen and oxygen atoms in total. The lowest BCUT2D eigenvalue weighted by atomic mass is 10.1. The van der Waals surface area contributed by atoms with Gasteiger partial charge >= 0.3 is 0 Å². The predicted octanol–water partition coefficient (Wildman–Crippen LogP) is 0.856. The van der Waals surface area contributed by atoms with Crippen LogP contribution in [0.15, 0.2) is 24.3 Å². The van der Waals surface area contributed by atoms with Crippen LogP contribution in [0.2, 0.25) is 0 Å². The highest BCUT2D eigenvalue weighted by Gasteiger charge is 2.18. The van der Waals surface area contributed by atoms with Gasteiger partial charge in [-0.3, -0.25) is 4.79 Å². The van der Waals surface area contributed by atoms with Crippen molar-refractivity contribution in [3.05, 3.63) is 29.8 Å². The van der Waals surface area contributed by atoms with Crippen molar-refractivity contribution in [2.24, 2.45) is 5.73 Å². The summed E-state index contributed by atoms with van der Waals surface area (Å²) in [4.78, 5) is 15.5. The number of nitrogens with two attached hydrogens (primary N) is 1. The Labute approximate surface area is 108 Å². The van der Waals surface area contributed by atoms with Crippen LogP contribution in [0.25, 0.3) is 0 Å². The van der Waals surface area contributed by atoms with E-state index >= 15 is 0 Å². The molecule has 0 unspecified atom stereocenters. The first kappa shape index (κ1) is 12.9. The smallest absolute Gasteiger partial charge is 0.219 e. The summed E-state index contributed by atoms with van der Waals surface area (Å²) in [6, 6.07) is 8.57. The molecular weight excluding hydrogens is 226 g/mol. The summed E-state index contributed by atoms with van der Waals surface area (Å²) in [6.07, 6.45) is 0.929. The van der Waals surface area contributed by atoms with Crippen LogP contribution in [-0.4, -0.2) is 43.5 Å². The summed E-state index contributed by atoms with van der Waals surface area (Å²) in [5, 5.41) is 0. The van der Waals surface area contributed by atoms with Crippen molar-refractivity contribution < 1.29 is 4.79 Å². The number of amides is 1. The van der Waals surface area contributed by atoms with Crippen LogP contribution >= 0.6 is 0 Å². The van der Waals surface area contributed by atoms with E-state index in [-0.39, 0.29) is 5.91 Å². The van der Waals surface area contributed by atoms with Crippen LogP contribution in [-0.2, 0) is 11.2 Å². The Morgan fingerprint density at radius 2 is 1.78 bits per heavy atom. The van der Waals surface area contributed by atoms with Gasteiger partial charge in [0, 0.05) is 38.8 Å². The summed E-state index contributed by atoms with van der Waals surface area (Å²) >= 11 is 0. The Hall–Kier alpha value is -1.55. The molecule has 1 aliphatic rings. The topological polar surface area (TPSA) is 49.6 Å². The fraction of sp³-hybridized carbons (Fsp3) is 0.500. The third-order valence-electron chi connectivity index (χ3n) is 3.46. The average molecular weight is 247 g/mol. The summed E-state index contributed by atoms with van der Waals surface area (Å²) < 4.78 is 0. The molecule has 1 heterocycles. The highest BCUT2D eigenvalue weighted by molar-refractivity contribution is 5.73. The normalized spacial score (nSPS) is 15.9. The maximum Gasteiger partial charge on any atom is 0.219 e. The van der Waals surface area contributed by atoms with Crippen molar-refractivity contribution in [1.29, 1.82) is 0 Å². The number of hydrogen-bond acceptors (Lipinski definition) is 3. The van der Waals surface area contributed by atoms with Gasteiger partial charge in [0.2, 0.25) is 5.91 Å². The molecule has 1 fully saturated rings. The highest BCUT2D eigenvalue weighted by atomic mass is 16.2. The van der Waals surface area contributed by atoms with E-state index < -0.39 is 0 Å². The molecule has 1 aromatic carbocycles. The first-order valence-electron chi connectivity index (χ1n) is 6.50. The first-order chi connectivity index (χ1) is 8.70. The van der Waals surface area contributed by atoms with Gasteiger partial charge in [-0.1, -0.05) is 12.1 Å². The van der Waals surface area contributed by atoms with Crippen molar-refractivity contribution in [3.8, 4) is 0 Å². The second-order valence-electron chi connectivity index (χ2n) is 4.70. The molecule has 0 aliphatic carbocycles. The van der Waals surface area contributed by atoms with E-state index in [9.17, 15) is 4.79 Å². The summed E-state index contributed by atoms with van der Waals surface area (Å²) in [5.41, 5.74) is 8.05. The fourth-order valence-electron chi connectivity index (χ4n) is 2.32. The lowest BCUT2D eigenvalue weighted by Crippen LogP contribution is -2.48. The summed E-state index contributed by atoms with van der Waals surface area (Å²) in [6.45, 7) is 5.79. The first-order valence-corrected chi connectivity index (χ1v) is 6.50. The van der Waals surface area contributed by atoms with Crippen LogP contribution in [0, 0.1) is 0 Å². The van der Waals surface area contributed by atoms with Crippen LogP contribution in [0.1, 0.15) is 12.5 Å². The quantitative estimate of drug-likeness (QED) is 0.861. The predicted molar refractivity (Wildman–Crippen MR) is 73.7 cm³/mol. The summed E-state index contributed by atoms with van der Waals surface area (Å²) in [7, 11) is 0. The Bertz CT molecular complexity index is 394. The van der Waals surface area contributed by atoms with Crippen molar-refractivity contribution in [2.45, 2.75) is 13.3 Å². The lowest BCUT2D eigenvalue weighted by molar-refractivity contribution is -0.129. The molecule has 0 radical (unpaired) electrons. The number of carbonyl (C=O) groups is 1. The lowest BCUT2D eigenvalue weighted by Gasteiger charge is -2.35. The van der Waals surface area contributed by atoms with Crippen molar-refractivity contribution in [3.63, 3.8) is 0 Å². The molecule has 2 rings (SSSR count). The zero-order valence-corrected chi connectivity index (χ0v) is 10.9. The highest BCUT2D eigenvalue weighted by Crippen LogP contribution is 2.17. The van der Waals surface area contributed by atoms with Gasteiger partial charge in [0.15, 0.2) is 0 Å². The molecule has 1 aromatic rings. The fourth-order valence-corrected chi connectivity index (χ4v) is 2.32. The zero-order chi connectivity index (χ0) is 13.0. The van der Waals surface area contributed by atoms with Crippen LogP contribution in [0.5, 0.6) is 0 Å². The zero-order valence-electron chi connectivity index (χ0n) is 10.9. The number of piperazine rings is 1. The largest absolute Gasteiger partial charge is 0.368 e. The van der Waals surface area contributed by atoms with Gasteiger partial charge in [-0.2, -0.15) is 0 Å². The molecule has 0 bridgehead atoms. The second-order valence-corrected chi connectivity index (χ2v) is 4.70. The van der Waals surface area contributed by atoms with E-state index in [2.05, 4.69) is 29.2 Å². The number of benzene rings is 1. The third-order valence-corrected chi connectivity index (χ3v) is 3.46. The molecule has 4 heteroatoms. The van der Waals surface area contributed by atoms with E-state index in [1.165, 1.54) is 11.3 Å². The van der Waals surface area contributed by atoms with E-state index in [1.807, 2.05) is 4.90 Å². The number of anilines is 1. The van der Waals surface area contributed by atoms with Gasteiger partial charge in [-0.05, 0) is 30.7 Å². The van der Waals surface area contributed by atoms with Crippen LogP contribution in [0.4, 0.5) is 5.69 Å². The van der Waals surface area contributed by atoms with Crippen molar-refractivity contribution in [2.75, 3.05) is 37.6 Å². The molecule has 98 valence electrons. The van der Waals surface area contributed by atoms with Gasteiger partial charge in [0.1, 0.15) is 0 Å². The SMILES string of the molecule is CC(=O)N1CCN(c2ccc(CCN)cc2)CC1. The average Bonchev–Trinajstić information content (AvgIpc) is 2.40. The second kappa shape index (κ2) is 5.87. The van der Waals surface area contributed by atoms with Gasteiger partial charge in [-0.25, -0.2) is 0 Å². The molecule has 0 saturated carbocycles. The number of hydrogen-bond donors (Lipinski definition) is 1. The molecular formula is C14H21N3O. The standard InChI is InChI=1S/C14H21N3O/c1-12(18)16-8-10-17(11-9-16)14-4-2-13(3-5-14)6-7-15/h2-5H,6-11,15H2,1H3.